The highest BCUT2D eigenvalue weighted by molar-refractivity contribution is 6.31. The number of hydrogen-bond donors (Lipinski definition) is 0. The van der Waals surface area contributed by atoms with Crippen LogP contribution >= 0.6 is 0 Å². The fraction of sp³-hybridized carbons (Fsp3) is 0.0435. The molecule has 0 saturated carbocycles. The highest BCUT2D eigenvalue weighted by Gasteiger charge is 2.22. The Hall–Kier alpha value is -6.12. The summed E-state index contributed by atoms with van der Waals surface area (Å²) < 4.78 is 13.1. The maximum absolute atomic E-state index is 6.54. The normalized spacial score (nSPS) is 11.5. The summed E-state index contributed by atoms with van der Waals surface area (Å²) in [5.41, 5.74) is 8.70. The van der Waals surface area contributed by atoms with Gasteiger partial charge in [-0.15, -0.1) is 0 Å². The molecule has 2 nitrogen and oxygen atoms in total. The SMILES string of the molecule is CC.c1ccc(-c2cc(-c3cc4ccccc4o3)c3ccc4c(-c5ccccc5)cc(-c5cc6ccccc6o5)c5ccc2c3c45)cc1. The molecule has 48 heavy (non-hydrogen) atoms. The van der Waals surface area contributed by atoms with Crippen LogP contribution in [0.5, 0.6) is 0 Å². The molecule has 0 N–H and O–H groups in total. The van der Waals surface area contributed by atoms with Crippen LogP contribution in [0.3, 0.4) is 0 Å². The van der Waals surface area contributed by atoms with Crippen LogP contribution in [-0.2, 0) is 0 Å². The maximum Gasteiger partial charge on any atom is 0.136 e. The van der Waals surface area contributed by atoms with Gasteiger partial charge in [-0.25, -0.2) is 0 Å². The molecule has 228 valence electrons. The molecule has 10 aromatic rings. The van der Waals surface area contributed by atoms with E-state index < -0.39 is 0 Å². The predicted molar refractivity (Wildman–Crippen MR) is 203 cm³/mol. The number of hydrogen-bond acceptors (Lipinski definition) is 2. The number of rotatable bonds is 4. The van der Waals surface area contributed by atoms with Crippen molar-refractivity contribution in [3.05, 3.63) is 158 Å². The lowest BCUT2D eigenvalue weighted by molar-refractivity contribution is 0.632. The minimum atomic E-state index is 0.872. The van der Waals surface area contributed by atoms with Crippen molar-refractivity contribution in [2.75, 3.05) is 0 Å². The summed E-state index contributed by atoms with van der Waals surface area (Å²) in [6.45, 7) is 4.00. The predicted octanol–water partition coefficient (Wildman–Crippen LogP) is 13.8. The van der Waals surface area contributed by atoms with Gasteiger partial charge < -0.3 is 8.83 Å². The first kappa shape index (κ1) is 28.1. The minimum absolute atomic E-state index is 0.872. The molecule has 2 heteroatoms. The Labute approximate surface area is 278 Å². The van der Waals surface area contributed by atoms with Crippen LogP contribution in [0.1, 0.15) is 13.8 Å². The summed E-state index contributed by atoms with van der Waals surface area (Å²) in [4.78, 5) is 0. The molecule has 0 bridgehead atoms. The van der Waals surface area contributed by atoms with Gasteiger partial charge in [0.1, 0.15) is 22.7 Å². The van der Waals surface area contributed by atoms with Crippen molar-refractivity contribution in [2.45, 2.75) is 13.8 Å². The second-order valence-electron chi connectivity index (χ2n) is 12.0. The first-order valence-electron chi connectivity index (χ1n) is 16.7. The molecular weight excluding hydrogens is 585 g/mol. The maximum atomic E-state index is 6.54. The van der Waals surface area contributed by atoms with Crippen molar-refractivity contribution in [3.8, 4) is 44.9 Å². The van der Waals surface area contributed by atoms with Gasteiger partial charge >= 0.3 is 0 Å². The second-order valence-corrected chi connectivity index (χ2v) is 12.0. The van der Waals surface area contributed by atoms with Crippen LogP contribution in [0, 0.1) is 0 Å². The van der Waals surface area contributed by atoms with E-state index in [2.05, 4.69) is 133 Å². The van der Waals surface area contributed by atoms with E-state index in [1.807, 2.05) is 38.1 Å². The van der Waals surface area contributed by atoms with E-state index in [-0.39, 0.29) is 0 Å². The zero-order valence-electron chi connectivity index (χ0n) is 26.8. The largest absolute Gasteiger partial charge is 0.456 e. The van der Waals surface area contributed by atoms with Crippen molar-refractivity contribution < 1.29 is 8.83 Å². The Kier molecular flexibility index (Phi) is 6.62. The summed E-state index contributed by atoms with van der Waals surface area (Å²) in [5, 5.41) is 9.47. The minimum Gasteiger partial charge on any atom is -0.456 e. The van der Waals surface area contributed by atoms with Gasteiger partial charge in [0.15, 0.2) is 0 Å². The van der Waals surface area contributed by atoms with E-state index in [0.29, 0.717) is 0 Å². The van der Waals surface area contributed by atoms with E-state index in [0.717, 1.165) is 44.6 Å². The molecule has 0 spiro atoms. The van der Waals surface area contributed by atoms with Gasteiger partial charge in [-0.05, 0) is 91.0 Å². The Morgan fingerprint density at radius 2 is 0.688 bits per heavy atom. The molecule has 0 fully saturated rings. The first-order valence-corrected chi connectivity index (χ1v) is 16.7. The molecule has 0 amide bonds. The summed E-state index contributed by atoms with van der Waals surface area (Å²) in [6.07, 6.45) is 0. The molecule has 0 aliphatic rings. The van der Waals surface area contributed by atoms with Gasteiger partial charge in [0, 0.05) is 21.9 Å². The van der Waals surface area contributed by atoms with E-state index in [1.165, 1.54) is 54.6 Å². The molecule has 0 unspecified atom stereocenters. The van der Waals surface area contributed by atoms with Crippen molar-refractivity contribution in [1.29, 1.82) is 0 Å². The summed E-state index contributed by atoms with van der Waals surface area (Å²) in [6, 6.07) is 56.0. The Morgan fingerprint density at radius 3 is 1.08 bits per heavy atom. The molecular formula is C46H32O2. The van der Waals surface area contributed by atoms with Crippen molar-refractivity contribution in [2.24, 2.45) is 0 Å². The van der Waals surface area contributed by atoms with E-state index in [1.54, 1.807) is 0 Å². The van der Waals surface area contributed by atoms with Crippen LogP contribution in [0.2, 0.25) is 0 Å². The number of furan rings is 2. The summed E-state index contributed by atoms with van der Waals surface area (Å²) >= 11 is 0. The van der Waals surface area contributed by atoms with Crippen LogP contribution in [0.15, 0.2) is 167 Å². The molecule has 2 heterocycles. The van der Waals surface area contributed by atoms with Gasteiger partial charge in [0.25, 0.3) is 0 Å². The highest BCUT2D eigenvalue weighted by atomic mass is 16.3. The Balaban J connectivity index is 0.00000154. The van der Waals surface area contributed by atoms with Crippen LogP contribution in [-0.4, -0.2) is 0 Å². The highest BCUT2D eigenvalue weighted by Crippen LogP contribution is 2.49. The fourth-order valence-electron chi connectivity index (χ4n) is 7.34. The quantitative estimate of drug-likeness (QED) is 0.184. The first-order chi connectivity index (χ1) is 23.8. The van der Waals surface area contributed by atoms with Crippen LogP contribution in [0.4, 0.5) is 0 Å². The van der Waals surface area contributed by atoms with Gasteiger partial charge in [0.05, 0.1) is 0 Å². The lowest BCUT2D eigenvalue weighted by atomic mass is 9.83. The molecule has 2 aromatic heterocycles. The van der Waals surface area contributed by atoms with Gasteiger partial charge in [-0.1, -0.05) is 135 Å². The van der Waals surface area contributed by atoms with E-state index in [9.17, 15) is 0 Å². The lowest BCUT2D eigenvalue weighted by Crippen LogP contribution is -1.93. The monoisotopic (exact) mass is 616 g/mol. The average Bonchev–Trinajstić information content (AvgIpc) is 3.80. The Bertz CT molecular complexity index is 2470. The van der Waals surface area contributed by atoms with Crippen LogP contribution < -0.4 is 0 Å². The van der Waals surface area contributed by atoms with E-state index in [4.69, 9.17) is 8.83 Å². The van der Waals surface area contributed by atoms with Crippen molar-refractivity contribution in [1.82, 2.24) is 0 Å². The molecule has 0 radical (unpaired) electrons. The lowest BCUT2D eigenvalue weighted by Gasteiger charge is -2.20. The zero-order chi connectivity index (χ0) is 32.2. The van der Waals surface area contributed by atoms with Crippen molar-refractivity contribution >= 4 is 54.3 Å². The Morgan fingerprint density at radius 1 is 0.333 bits per heavy atom. The van der Waals surface area contributed by atoms with Crippen molar-refractivity contribution in [3.63, 3.8) is 0 Å². The summed E-state index contributed by atoms with van der Waals surface area (Å²) in [7, 11) is 0. The number of para-hydroxylation sites is 2. The third-order valence-corrected chi connectivity index (χ3v) is 9.45. The molecule has 0 atom stereocenters. The molecule has 0 aliphatic carbocycles. The smallest absolute Gasteiger partial charge is 0.136 e. The van der Waals surface area contributed by atoms with Gasteiger partial charge in [-0.2, -0.15) is 0 Å². The molecule has 0 aliphatic heterocycles. The van der Waals surface area contributed by atoms with Crippen LogP contribution in [0.25, 0.3) is 99.2 Å². The topological polar surface area (TPSA) is 26.3 Å². The second kappa shape index (κ2) is 11.3. The standard InChI is InChI=1S/C44H26O2.C2H6/c1-3-11-27(12-4-1)35-25-37(41-23-29-15-7-9-17-39(29)45-41)33-22-20-32-36(28-13-5-2-6-14-28)26-38(34-21-19-31(35)43(33)44(32)34)42-24-30-16-8-10-18-40(30)46-42;1-2/h1-26H;1-2H3. The number of fused-ring (bicyclic) bond motifs is 2. The van der Waals surface area contributed by atoms with Gasteiger partial charge in [-0.3, -0.25) is 0 Å². The number of benzene rings is 8. The third-order valence-electron chi connectivity index (χ3n) is 9.45. The molecule has 10 rings (SSSR count). The molecule has 8 aromatic carbocycles. The fourth-order valence-corrected chi connectivity index (χ4v) is 7.34. The third kappa shape index (κ3) is 4.34. The summed E-state index contributed by atoms with van der Waals surface area (Å²) in [5.74, 6) is 1.74. The zero-order valence-corrected chi connectivity index (χ0v) is 26.8. The van der Waals surface area contributed by atoms with E-state index >= 15 is 0 Å². The van der Waals surface area contributed by atoms with Gasteiger partial charge in [0.2, 0.25) is 0 Å². The molecule has 0 saturated heterocycles. The average molecular weight is 617 g/mol.